The minimum atomic E-state index is -0.417. The molecule has 2 heterocycles. The second kappa shape index (κ2) is 7.40. The van der Waals surface area contributed by atoms with Gasteiger partial charge in [0, 0.05) is 24.7 Å². The highest BCUT2D eigenvalue weighted by Gasteiger charge is 2.38. The van der Waals surface area contributed by atoms with Crippen molar-refractivity contribution < 1.29 is 19.1 Å². The molecule has 2 aliphatic heterocycles. The van der Waals surface area contributed by atoms with Gasteiger partial charge in [-0.25, -0.2) is 0 Å². The highest BCUT2D eigenvalue weighted by atomic mass is 35.5. The molecule has 7 heteroatoms. The number of halogens is 1. The lowest BCUT2D eigenvalue weighted by Gasteiger charge is -2.32. The van der Waals surface area contributed by atoms with Crippen molar-refractivity contribution in [2.24, 2.45) is 0 Å². The average Bonchev–Trinajstić information content (AvgIpc) is 3.10. The van der Waals surface area contributed by atoms with E-state index in [1.165, 1.54) is 7.11 Å². The van der Waals surface area contributed by atoms with Crippen LogP contribution < -0.4 is 4.74 Å². The topological polar surface area (TPSA) is 59.1 Å². The Morgan fingerprint density at radius 3 is 2.71 bits per heavy atom. The Morgan fingerprint density at radius 2 is 2.00 bits per heavy atom. The van der Waals surface area contributed by atoms with Crippen LogP contribution in [0.2, 0.25) is 5.02 Å². The van der Waals surface area contributed by atoms with Crippen molar-refractivity contribution >= 4 is 23.4 Å². The molecule has 0 saturated carbocycles. The lowest BCUT2D eigenvalue weighted by molar-refractivity contribution is -0.139. The van der Waals surface area contributed by atoms with Crippen LogP contribution in [-0.4, -0.2) is 67.6 Å². The Kier molecular flexibility index (Phi) is 5.26. The Labute approximate surface area is 146 Å². The summed E-state index contributed by atoms with van der Waals surface area (Å²) >= 11 is 6.03. The highest BCUT2D eigenvalue weighted by molar-refractivity contribution is 6.31. The number of carbonyl (C=O) groups is 2. The third-order valence-corrected chi connectivity index (χ3v) is 4.75. The van der Waals surface area contributed by atoms with Crippen molar-refractivity contribution in [3.63, 3.8) is 0 Å². The van der Waals surface area contributed by atoms with Crippen molar-refractivity contribution in [3.8, 4) is 5.75 Å². The van der Waals surface area contributed by atoms with Crippen LogP contribution in [0.15, 0.2) is 18.2 Å². The monoisotopic (exact) mass is 352 g/mol. The Morgan fingerprint density at radius 1 is 1.25 bits per heavy atom. The average molecular weight is 353 g/mol. The van der Waals surface area contributed by atoms with Gasteiger partial charge in [0.05, 0.1) is 25.9 Å². The predicted octanol–water partition coefficient (Wildman–Crippen LogP) is 1.81. The SMILES string of the molecule is COc1ccc(Cl)cc1C(=O)N1CCCC1C(=O)N1CCOCC1. The van der Waals surface area contributed by atoms with Crippen LogP contribution >= 0.6 is 11.6 Å². The van der Waals surface area contributed by atoms with Gasteiger partial charge in [0.2, 0.25) is 5.91 Å². The number of hydrogen-bond donors (Lipinski definition) is 0. The van der Waals surface area contributed by atoms with E-state index in [1.807, 2.05) is 0 Å². The number of rotatable bonds is 3. The molecule has 0 radical (unpaired) electrons. The zero-order chi connectivity index (χ0) is 17.1. The number of benzene rings is 1. The summed E-state index contributed by atoms with van der Waals surface area (Å²) in [6.07, 6.45) is 1.50. The quantitative estimate of drug-likeness (QED) is 0.832. The normalized spacial score (nSPS) is 21.0. The van der Waals surface area contributed by atoms with Gasteiger partial charge in [-0.05, 0) is 31.0 Å². The van der Waals surface area contributed by atoms with Crippen molar-refractivity contribution in [2.75, 3.05) is 40.0 Å². The van der Waals surface area contributed by atoms with E-state index in [4.69, 9.17) is 21.1 Å². The number of hydrogen-bond acceptors (Lipinski definition) is 4. The molecule has 0 aromatic heterocycles. The smallest absolute Gasteiger partial charge is 0.258 e. The predicted molar refractivity (Wildman–Crippen MR) is 89.5 cm³/mol. The third kappa shape index (κ3) is 3.35. The van der Waals surface area contributed by atoms with Crippen LogP contribution in [0.3, 0.4) is 0 Å². The molecular formula is C17H21ClN2O4. The molecular weight excluding hydrogens is 332 g/mol. The van der Waals surface area contributed by atoms with Gasteiger partial charge in [0.25, 0.3) is 5.91 Å². The first-order valence-electron chi connectivity index (χ1n) is 8.13. The molecule has 130 valence electrons. The molecule has 1 aromatic rings. The first kappa shape index (κ1) is 17.0. The van der Waals surface area contributed by atoms with E-state index in [2.05, 4.69) is 0 Å². The zero-order valence-corrected chi connectivity index (χ0v) is 14.4. The van der Waals surface area contributed by atoms with Crippen LogP contribution in [0.25, 0.3) is 0 Å². The Hall–Kier alpha value is -1.79. The summed E-state index contributed by atoms with van der Waals surface area (Å²) in [5, 5.41) is 0.467. The summed E-state index contributed by atoms with van der Waals surface area (Å²) in [6, 6.07) is 4.53. The molecule has 2 aliphatic rings. The fourth-order valence-electron chi connectivity index (χ4n) is 3.26. The number of carbonyl (C=O) groups excluding carboxylic acids is 2. The molecule has 3 rings (SSSR count). The van der Waals surface area contributed by atoms with Crippen molar-refractivity contribution in [2.45, 2.75) is 18.9 Å². The summed E-state index contributed by atoms with van der Waals surface area (Å²) in [7, 11) is 1.51. The highest BCUT2D eigenvalue weighted by Crippen LogP contribution is 2.28. The number of morpholine rings is 1. The maximum Gasteiger partial charge on any atom is 0.258 e. The van der Waals surface area contributed by atoms with Crippen molar-refractivity contribution in [1.82, 2.24) is 9.80 Å². The molecule has 6 nitrogen and oxygen atoms in total. The minimum absolute atomic E-state index is 0.00476. The van der Waals surface area contributed by atoms with E-state index in [0.29, 0.717) is 55.6 Å². The van der Waals surface area contributed by atoms with E-state index in [9.17, 15) is 9.59 Å². The lowest BCUT2D eigenvalue weighted by atomic mass is 10.1. The summed E-state index contributed by atoms with van der Waals surface area (Å²) in [4.78, 5) is 29.2. The summed E-state index contributed by atoms with van der Waals surface area (Å²) in [6.45, 7) is 2.83. The van der Waals surface area contributed by atoms with Crippen LogP contribution in [-0.2, 0) is 9.53 Å². The summed E-state index contributed by atoms with van der Waals surface area (Å²) in [5.41, 5.74) is 0.395. The minimum Gasteiger partial charge on any atom is -0.496 e. The first-order chi connectivity index (χ1) is 11.6. The maximum absolute atomic E-state index is 13.0. The van der Waals surface area contributed by atoms with Crippen LogP contribution in [0.1, 0.15) is 23.2 Å². The van der Waals surface area contributed by atoms with Gasteiger partial charge in [-0.1, -0.05) is 11.6 Å². The molecule has 24 heavy (non-hydrogen) atoms. The second-order valence-corrected chi connectivity index (χ2v) is 6.38. The van der Waals surface area contributed by atoms with Gasteiger partial charge >= 0.3 is 0 Å². The molecule has 2 saturated heterocycles. The van der Waals surface area contributed by atoms with Gasteiger partial charge in [-0.3, -0.25) is 9.59 Å². The Bertz CT molecular complexity index is 631. The second-order valence-electron chi connectivity index (χ2n) is 5.94. The molecule has 2 amide bonds. The van der Waals surface area contributed by atoms with E-state index in [1.54, 1.807) is 28.0 Å². The zero-order valence-electron chi connectivity index (χ0n) is 13.7. The molecule has 0 spiro atoms. The maximum atomic E-state index is 13.0. The number of likely N-dealkylation sites (tertiary alicyclic amines) is 1. The van der Waals surface area contributed by atoms with Gasteiger partial charge in [-0.2, -0.15) is 0 Å². The molecule has 0 aliphatic carbocycles. The van der Waals surface area contributed by atoms with Crippen molar-refractivity contribution in [1.29, 1.82) is 0 Å². The molecule has 1 unspecified atom stereocenters. The molecule has 1 aromatic carbocycles. The fourth-order valence-corrected chi connectivity index (χ4v) is 3.44. The first-order valence-corrected chi connectivity index (χ1v) is 8.50. The number of ether oxygens (including phenoxy) is 2. The number of amides is 2. The molecule has 2 fully saturated rings. The summed E-state index contributed by atoms with van der Waals surface area (Å²) < 4.78 is 10.6. The van der Waals surface area contributed by atoms with Gasteiger partial charge in [0.1, 0.15) is 11.8 Å². The number of nitrogens with zero attached hydrogens (tertiary/aromatic N) is 2. The van der Waals surface area contributed by atoms with E-state index < -0.39 is 6.04 Å². The van der Waals surface area contributed by atoms with Gasteiger partial charge in [0.15, 0.2) is 0 Å². The summed E-state index contributed by atoms with van der Waals surface area (Å²) in [5.74, 6) is 0.262. The van der Waals surface area contributed by atoms with Crippen LogP contribution in [0.4, 0.5) is 0 Å². The molecule has 0 N–H and O–H groups in total. The Balaban J connectivity index is 1.81. The van der Waals surface area contributed by atoms with Gasteiger partial charge < -0.3 is 19.3 Å². The lowest BCUT2D eigenvalue weighted by Crippen LogP contribution is -2.51. The molecule has 1 atom stereocenters. The van der Waals surface area contributed by atoms with E-state index in [-0.39, 0.29) is 11.8 Å². The number of methoxy groups -OCH3 is 1. The van der Waals surface area contributed by atoms with Crippen molar-refractivity contribution in [3.05, 3.63) is 28.8 Å². The van der Waals surface area contributed by atoms with E-state index >= 15 is 0 Å². The van der Waals surface area contributed by atoms with Gasteiger partial charge in [-0.15, -0.1) is 0 Å². The molecule has 0 bridgehead atoms. The third-order valence-electron chi connectivity index (χ3n) is 4.51. The van der Waals surface area contributed by atoms with E-state index in [0.717, 1.165) is 6.42 Å². The largest absolute Gasteiger partial charge is 0.496 e. The van der Waals surface area contributed by atoms with Crippen LogP contribution in [0.5, 0.6) is 5.75 Å². The fraction of sp³-hybridized carbons (Fsp3) is 0.529. The van der Waals surface area contributed by atoms with Crippen LogP contribution in [0, 0.1) is 0 Å². The standard InChI is InChI=1S/C17H21ClN2O4/c1-23-15-5-4-12(18)11-13(15)16(21)20-6-2-3-14(20)17(22)19-7-9-24-10-8-19/h4-5,11,14H,2-3,6-10H2,1H3.